The first kappa shape index (κ1) is 15.3. The molecule has 0 bridgehead atoms. The van der Waals surface area contributed by atoms with Gasteiger partial charge in [-0.3, -0.25) is 0 Å². The van der Waals surface area contributed by atoms with E-state index in [0.29, 0.717) is 11.3 Å². The molecule has 0 heterocycles. The van der Waals surface area contributed by atoms with Crippen molar-refractivity contribution in [3.05, 3.63) is 59.7 Å². The summed E-state index contributed by atoms with van der Waals surface area (Å²) in [4.78, 5) is 0. The molecular weight excluding hydrogens is 272 g/mol. The van der Waals surface area contributed by atoms with E-state index in [-0.39, 0.29) is 12.1 Å². The Morgan fingerprint density at radius 1 is 1.00 bits per heavy atom. The highest BCUT2D eigenvalue weighted by molar-refractivity contribution is 5.57. The SMILES string of the molecule is CC(C)Oc1ccccc1NC(C)c1ccc(F)cc1F. The fourth-order valence-electron chi connectivity index (χ4n) is 2.11. The van der Waals surface area contributed by atoms with Crippen LogP contribution in [0.25, 0.3) is 0 Å². The monoisotopic (exact) mass is 291 g/mol. The first-order valence-electron chi connectivity index (χ1n) is 6.94. The van der Waals surface area contributed by atoms with Crippen molar-refractivity contribution in [3.63, 3.8) is 0 Å². The Morgan fingerprint density at radius 2 is 1.71 bits per heavy atom. The quantitative estimate of drug-likeness (QED) is 0.843. The van der Waals surface area contributed by atoms with Crippen LogP contribution in [0.1, 0.15) is 32.4 Å². The molecule has 2 nitrogen and oxygen atoms in total. The summed E-state index contributed by atoms with van der Waals surface area (Å²) in [5, 5.41) is 3.20. The van der Waals surface area contributed by atoms with E-state index in [0.717, 1.165) is 11.8 Å². The highest BCUT2D eigenvalue weighted by Crippen LogP contribution is 2.29. The van der Waals surface area contributed by atoms with Gasteiger partial charge in [0.05, 0.1) is 17.8 Å². The largest absolute Gasteiger partial charge is 0.489 e. The molecule has 1 atom stereocenters. The molecule has 0 aliphatic heterocycles. The lowest BCUT2D eigenvalue weighted by Crippen LogP contribution is -2.12. The summed E-state index contributed by atoms with van der Waals surface area (Å²) < 4.78 is 32.5. The van der Waals surface area contributed by atoms with Crippen LogP contribution >= 0.6 is 0 Å². The second-order valence-corrected chi connectivity index (χ2v) is 5.19. The zero-order chi connectivity index (χ0) is 15.4. The normalized spacial score (nSPS) is 12.3. The van der Waals surface area contributed by atoms with E-state index in [1.165, 1.54) is 12.1 Å². The van der Waals surface area contributed by atoms with Crippen LogP contribution in [-0.4, -0.2) is 6.10 Å². The number of halogens is 2. The van der Waals surface area contributed by atoms with E-state index in [2.05, 4.69) is 5.32 Å². The van der Waals surface area contributed by atoms with E-state index in [9.17, 15) is 8.78 Å². The van der Waals surface area contributed by atoms with Gasteiger partial charge in [0.1, 0.15) is 17.4 Å². The summed E-state index contributed by atoms with van der Waals surface area (Å²) in [6.45, 7) is 5.71. The third-order valence-electron chi connectivity index (χ3n) is 3.05. The van der Waals surface area contributed by atoms with Gasteiger partial charge in [0.25, 0.3) is 0 Å². The summed E-state index contributed by atoms with van der Waals surface area (Å²) in [6.07, 6.45) is 0.0470. The molecule has 0 amide bonds. The summed E-state index contributed by atoms with van der Waals surface area (Å²) in [6, 6.07) is 10.8. The van der Waals surface area contributed by atoms with Gasteiger partial charge in [-0.25, -0.2) is 8.78 Å². The number of para-hydroxylation sites is 2. The molecule has 4 heteroatoms. The molecule has 0 fully saturated rings. The molecule has 0 saturated heterocycles. The molecule has 0 spiro atoms. The fourth-order valence-corrected chi connectivity index (χ4v) is 2.11. The third kappa shape index (κ3) is 3.94. The zero-order valence-corrected chi connectivity index (χ0v) is 12.4. The average molecular weight is 291 g/mol. The van der Waals surface area contributed by atoms with Gasteiger partial charge in [0, 0.05) is 11.6 Å². The molecule has 0 aromatic heterocycles. The van der Waals surface area contributed by atoms with Crippen LogP contribution < -0.4 is 10.1 Å². The van der Waals surface area contributed by atoms with Gasteiger partial charge in [-0.1, -0.05) is 18.2 Å². The lowest BCUT2D eigenvalue weighted by Gasteiger charge is -2.20. The predicted octanol–water partition coefficient (Wildman–Crippen LogP) is 4.93. The Labute approximate surface area is 123 Å². The van der Waals surface area contributed by atoms with Crippen LogP contribution in [0.15, 0.2) is 42.5 Å². The topological polar surface area (TPSA) is 21.3 Å². The molecule has 112 valence electrons. The Hall–Kier alpha value is -2.10. The van der Waals surface area contributed by atoms with Gasteiger partial charge in [-0.05, 0) is 39.0 Å². The lowest BCUT2D eigenvalue weighted by atomic mass is 10.1. The van der Waals surface area contributed by atoms with Crippen LogP contribution in [0.3, 0.4) is 0 Å². The Balaban J connectivity index is 2.21. The molecule has 0 aliphatic carbocycles. The van der Waals surface area contributed by atoms with Crippen LogP contribution in [0.4, 0.5) is 14.5 Å². The van der Waals surface area contributed by atoms with E-state index in [1.54, 1.807) is 0 Å². The maximum Gasteiger partial charge on any atom is 0.142 e. The summed E-state index contributed by atoms with van der Waals surface area (Å²) >= 11 is 0. The standard InChI is InChI=1S/C17H19F2NO/c1-11(2)21-17-7-5-4-6-16(17)20-12(3)14-9-8-13(18)10-15(14)19/h4-12,20H,1-3H3. The van der Waals surface area contributed by atoms with Crippen LogP contribution in [0, 0.1) is 11.6 Å². The minimum absolute atomic E-state index is 0.0470. The van der Waals surface area contributed by atoms with Gasteiger partial charge in [-0.2, -0.15) is 0 Å². The van der Waals surface area contributed by atoms with Crippen molar-refractivity contribution in [2.24, 2.45) is 0 Å². The van der Waals surface area contributed by atoms with Crippen molar-refractivity contribution in [1.29, 1.82) is 0 Å². The minimum Gasteiger partial charge on any atom is -0.489 e. The van der Waals surface area contributed by atoms with Gasteiger partial charge in [-0.15, -0.1) is 0 Å². The molecule has 1 N–H and O–H groups in total. The molecule has 0 radical (unpaired) electrons. The molecule has 0 aliphatic rings. The van der Waals surface area contributed by atoms with E-state index >= 15 is 0 Å². The average Bonchev–Trinajstić information content (AvgIpc) is 2.40. The predicted molar refractivity (Wildman–Crippen MR) is 80.6 cm³/mol. The maximum absolute atomic E-state index is 13.8. The van der Waals surface area contributed by atoms with Gasteiger partial charge < -0.3 is 10.1 Å². The number of ether oxygens (including phenoxy) is 1. The second kappa shape index (κ2) is 6.57. The summed E-state index contributed by atoms with van der Waals surface area (Å²) in [7, 11) is 0. The number of benzene rings is 2. The van der Waals surface area contributed by atoms with Gasteiger partial charge in [0.15, 0.2) is 0 Å². The van der Waals surface area contributed by atoms with Crippen molar-refractivity contribution in [1.82, 2.24) is 0 Å². The Kier molecular flexibility index (Phi) is 4.78. The van der Waals surface area contributed by atoms with E-state index < -0.39 is 11.6 Å². The number of nitrogens with one attached hydrogen (secondary N) is 1. The first-order chi connectivity index (χ1) is 9.97. The highest BCUT2D eigenvalue weighted by Gasteiger charge is 2.14. The first-order valence-corrected chi connectivity index (χ1v) is 6.94. The van der Waals surface area contributed by atoms with Crippen molar-refractivity contribution in [2.75, 3.05) is 5.32 Å². The number of anilines is 1. The molecule has 21 heavy (non-hydrogen) atoms. The van der Waals surface area contributed by atoms with Crippen molar-refractivity contribution >= 4 is 5.69 Å². The second-order valence-electron chi connectivity index (χ2n) is 5.19. The number of hydrogen-bond donors (Lipinski definition) is 1. The molecule has 2 rings (SSSR count). The molecule has 2 aromatic rings. The Morgan fingerprint density at radius 3 is 2.38 bits per heavy atom. The minimum atomic E-state index is -0.577. The molecule has 1 unspecified atom stereocenters. The number of rotatable bonds is 5. The van der Waals surface area contributed by atoms with Crippen LogP contribution in [-0.2, 0) is 0 Å². The van der Waals surface area contributed by atoms with Crippen molar-refractivity contribution < 1.29 is 13.5 Å². The smallest absolute Gasteiger partial charge is 0.142 e. The molecular formula is C17H19F2NO. The Bertz CT molecular complexity index is 613. The fraction of sp³-hybridized carbons (Fsp3) is 0.294. The maximum atomic E-state index is 13.8. The van der Waals surface area contributed by atoms with Gasteiger partial charge in [0.2, 0.25) is 0 Å². The van der Waals surface area contributed by atoms with E-state index in [4.69, 9.17) is 4.74 Å². The van der Waals surface area contributed by atoms with Crippen molar-refractivity contribution in [2.45, 2.75) is 32.9 Å². The number of hydrogen-bond acceptors (Lipinski definition) is 2. The highest BCUT2D eigenvalue weighted by atomic mass is 19.1. The zero-order valence-electron chi connectivity index (χ0n) is 12.4. The molecule has 0 saturated carbocycles. The van der Waals surface area contributed by atoms with Gasteiger partial charge >= 0.3 is 0 Å². The van der Waals surface area contributed by atoms with Crippen LogP contribution in [0.2, 0.25) is 0 Å². The van der Waals surface area contributed by atoms with E-state index in [1.807, 2.05) is 45.0 Å². The summed E-state index contributed by atoms with van der Waals surface area (Å²) in [5.74, 6) is -0.425. The van der Waals surface area contributed by atoms with Crippen molar-refractivity contribution in [3.8, 4) is 5.75 Å². The third-order valence-corrected chi connectivity index (χ3v) is 3.05. The lowest BCUT2D eigenvalue weighted by molar-refractivity contribution is 0.243. The van der Waals surface area contributed by atoms with Crippen LogP contribution in [0.5, 0.6) is 5.75 Å². The summed E-state index contributed by atoms with van der Waals surface area (Å²) in [5.41, 5.74) is 1.19. The molecule has 2 aromatic carbocycles.